The van der Waals surface area contributed by atoms with Crippen molar-refractivity contribution in [3.63, 3.8) is 0 Å². The van der Waals surface area contributed by atoms with Crippen molar-refractivity contribution < 1.29 is 19.1 Å². The van der Waals surface area contributed by atoms with E-state index in [2.05, 4.69) is 10.6 Å². The van der Waals surface area contributed by atoms with Crippen LogP contribution in [0.1, 0.15) is 55.8 Å². The van der Waals surface area contributed by atoms with Gasteiger partial charge in [0.05, 0.1) is 18.2 Å². The predicted octanol–water partition coefficient (Wildman–Crippen LogP) is 3.07. The van der Waals surface area contributed by atoms with Gasteiger partial charge in [-0.05, 0) is 31.9 Å². The lowest BCUT2D eigenvalue weighted by Gasteiger charge is -2.36. The molecule has 7 heteroatoms. The molecule has 6 nitrogen and oxygen atoms in total. The van der Waals surface area contributed by atoms with E-state index < -0.39 is 5.54 Å². The van der Waals surface area contributed by atoms with Gasteiger partial charge in [0.25, 0.3) is 5.91 Å². The highest BCUT2D eigenvalue weighted by Gasteiger charge is 2.40. The number of carbonyl (C=O) groups excluding carboxylic acids is 2. The quantitative estimate of drug-likeness (QED) is 0.841. The number of benzene rings is 1. The van der Waals surface area contributed by atoms with Crippen LogP contribution in [-0.2, 0) is 4.79 Å². The molecule has 26 heavy (non-hydrogen) atoms. The van der Waals surface area contributed by atoms with Gasteiger partial charge in [0.15, 0.2) is 11.5 Å². The van der Waals surface area contributed by atoms with Crippen molar-refractivity contribution >= 4 is 23.4 Å². The fourth-order valence-electron chi connectivity index (χ4n) is 3.55. The van der Waals surface area contributed by atoms with E-state index in [1.165, 1.54) is 0 Å². The molecule has 1 aromatic carbocycles. The van der Waals surface area contributed by atoms with E-state index in [-0.39, 0.29) is 11.8 Å². The van der Waals surface area contributed by atoms with E-state index in [1.807, 2.05) is 6.92 Å². The average Bonchev–Trinajstić information content (AvgIpc) is 2.88. The number of fused-ring (bicyclic) bond motifs is 1. The van der Waals surface area contributed by atoms with E-state index in [9.17, 15) is 9.59 Å². The Morgan fingerprint density at radius 3 is 2.58 bits per heavy atom. The summed E-state index contributed by atoms with van der Waals surface area (Å²) in [6, 6.07) is 3.20. The Morgan fingerprint density at radius 2 is 1.85 bits per heavy atom. The average molecular weight is 381 g/mol. The summed E-state index contributed by atoms with van der Waals surface area (Å²) in [6.07, 6.45) is 4.95. The second-order valence-electron chi connectivity index (χ2n) is 6.79. The first kappa shape index (κ1) is 18.8. The highest BCUT2D eigenvalue weighted by atomic mass is 35.5. The molecule has 1 aromatic rings. The van der Waals surface area contributed by atoms with Crippen molar-refractivity contribution in [1.29, 1.82) is 0 Å². The molecule has 1 aliphatic carbocycles. The van der Waals surface area contributed by atoms with Crippen molar-refractivity contribution in [2.24, 2.45) is 0 Å². The number of hydrogen-bond acceptors (Lipinski definition) is 4. The normalized spacial score (nSPS) is 18.5. The summed E-state index contributed by atoms with van der Waals surface area (Å²) >= 11 is 6.29. The Morgan fingerprint density at radius 1 is 1.12 bits per heavy atom. The van der Waals surface area contributed by atoms with Gasteiger partial charge in [-0.25, -0.2) is 0 Å². The third-order valence-electron chi connectivity index (χ3n) is 4.90. The second-order valence-corrected chi connectivity index (χ2v) is 7.20. The summed E-state index contributed by atoms with van der Waals surface area (Å²) in [6.45, 7) is 3.45. The van der Waals surface area contributed by atoms with Crippen LogP contribution in [0.25, 0.3) is 0 Å². The lowest BCUT2D eigenvalue weighted by atomic mass is 9.80. The topological polar surface area (TPSA) is 76.7 Å². The molecule has 1 heterocycles. The lowest BCUT2D eigenvalue weighted by Crippen LogP contribution is -2.59. The van der Waals surface area contributed by atoms with E-state index >= 15 is 0 Å². The minimum absolute atomic E-state index is 0.117. The van der Waals surface area contributed by atoms with Crippen LogP contribution in [0.3, 0.4) is 0 Å². The minimum atomic E-state index is -0.859. The predicted molar refractivity (Wildman–Crippen MR) is 99.0 cm³/mol. The molecule has 0 atom stereocenters. The van der Waals surface area contributed by atoms with Gasteiger partial charge in [0.1, 0.15) is 5.54 Å². The van der Waals surface area contributed by atoms with E-state index in [0.717, 1.165) is 25.7 Å². The molecule has 0 unspecified atom stereocenters. The molecule has 0 aromatic heterocycles. The monoisotopic (exact) mass is 380 g/mol. The maximum absolute atomic E-state index is 12.9. The molecule has 0 bridgehead atoms. The van der Waals surface area contributed by atoms with Crippen LogP contribution in [0.4, 0.5) is 0 Å². The Balaban J connectivity index is 1.85. The highest BCUT2D eigenvalue weighted by Crippen LogP contribution is 2.38. The highest BCUT2D eigenvalue weighted by molar-refractivity contribution is 6.32. The number of nitrogens with one attached hydrogen (secondary N) is 2. The van der Waals surface area contributed by atoms with Gasteiger partial charge in [-0.15, -0.1) is 0 Å². The molecule has 0 spiro atoms. The van der Waals surface area contributed by atoms with Gasteiger partial charge >= 0.3 is 0 Å². The summed E-state index contributed by atoms with van der Waals surface area (Å²) in [5.74, 6) is 0.497. The van der Waals surface area contributed by atoms with Gasteiger partial charge in [-0.2, -0.15) is 0 Å². The SMILES string of the molecule is CCNC(=O)C1(NC(=O)c2cc(Cl)c3c(c2)OCCCO3)CCCCC1. The Hall–Kier alpha value is -1.95. The van der Waals surface area contributed by atoms with Crippen LogP contribution in [0.15, 0.2) is 12.1 Å². The number of likely N-dealkylation sites (N-methyl/N-ethyl adjacent to an activating group) is 1. The molecular weight excluding hydrogens is 356 g/mol. The van der Waals surface area contributed by atoms with E-state index in [0.29, 0.717) is 54.7 Å². The fraction of sp³-hybridized carbons (Fsp3) is 0.579. The fourth-order valence-corrected chi connectivity index (χ4v) is 3.81. The summed E-state index contributed by atoms with van der Waals surface area (Å²) in [4.78, 5) is 25.5. The van der Waals surface area contributed by atoms with E-state index in [4.69, 9.17) is 21.1 Å². The zero-order valence-electron chi connectivity index (χ0n) is 15.0. The molecular formula is C19H25ClN2O4. The summed E-state index contributed by atoms with van der Waals surface area (Å²) in [5.41, 5.74) is -0.490. The van der Waals surface area contributed by atoms with Gasteiger partial charge < -0.3 is 20.1 Å². The Kier molecular flexibility index (Phi) is 5.91. The number of hydrogen-bond donors (Lipinski definition) is 2. The van der Waals surface area contributed by atoms with Crippen molar-refractivity contribution in [3.8, 4) is 11.5 Å². The molecule has 142 valence electrons. The van der Waals surface area contributed by atoms with Crippen LogP contribution in [0, 0.1) is 0 Å². The molecule has 1 aliphatic heterocycles. The van der Waals surface area contributed by atoms with Crippen LogP contribution >= 0.6 is 11.6 Å². The summed E-state index contributed by atoms with van der Waals surface area (Å²) in [7, 11) is 0. The van der Waals surface area contributed by atoms with Crippen LogP contribution in [-0.4, -0.2) is 37.1 Å². The van der Waals surface area contributed by atoms with E-state index in [1.54, 1.807) is 12.1 Å². The zero-order chi connectivity index (χ0) is 18.6. The number of carbonyl (C=O) groups is 2. The Labute approximate surface area is 158 Å². The summed E-state index contributed by atoms with van der Waals surface area (Å²) in [5, 5.41) is 6.17. The lowest BCUT2D eigenvalue weighted by molar-refractivity contribution is -0.128. The van der Waals surface area contributed by atoms with Crippen molar-refractivity contribution in [1.82, 2.24) is 10.6 Å². The van der Waals surface area contributed by atoms with Gasteiger partial charge in [0, 0.05) is 18.5 Å². The molecule has 0 radical (unpaired) electrons. The standard InChI is InChI=1S/C19H25ClN2O4/c1-2-21-18(24)19(7-4-3-5-8-19)22-17(23)13-11-14(20)16-15(12-13)25-9-6-10-26-16/h11-12H,2-10H2,1H3,(H,21,24)(H,22,23). The van der Waals surface area contributed by atoms with Crippen LogP contribution in [0.5, 0.6) is 11.5 Å². The molecule has 2 aliphatic rings. The zero-order valence-corrected chi connectivity index (χ0v) is 15.8. The van der Waals surface area contributed by atoms with Crippen molar-refractivity contribution in [2.75, 3.05) is 19.8 Å². The smallest absolute Gasteiger partial charge is 0.252 e. The first-order chi connectivity index (χ1) is 12.6. The number of ether oxygens (including phenoxy) is 2. The van der Waals surface area contributed by atoms with Crippen molar-refractivity contribution in [2.45, 2.75) is 51.0 Å². The maximum Gasteiger partial charge on any atom is 0.252 e. The summed E-state index contributed by atoms with van der Waals surface area (Å²) < 4.78 is 11.3. The molecule has 1 saturated carbocycles. The minimum Gasteiger partial charge on any atom is -0.489 e. The third kappa shape index (κ3) is 3.90. The molecule has 0 saturated heterocycles. The van der Waals surface area contributed by atoms with Gasteiger partial charge in [-0.3, -0.25) is 9.59 Å². The Bertz CT molecular complexity index is 686. The van der Waals surface area contributed by atoms with Crippen LogP contribution < -0.4 is 20.1 Å². The maximum atomic E-state index is 12.9. The van der Waals surface area contributed by atoms with Gasteiger partial charge in [-0.1, -0.05) is 30.9 Å². The second kappa shape index (κ2) is 8.16. The molecule has 2 N–H and O–H groups in total. The van der Waals surface area contributed by atoms with Crippen LogP contribution in [0.2, 0.25) is 5.02 Å². The number of halogens is 1. The van der Waals surface area contributed by atoms with Crippen molar-refractivity contribution in [3.05, 3.63) is 22.7 Å². The largest absolute Gasteiger partial charge is 0.489 e. The molecule has 3 rings (SSSR count). The first-order valence-electron chi connectivity index (χ1n) is 9.26. The third-order valence-corrected chi connectivity index (χ3v) is 5.18. The number of rotatable bonds is 4. The first-order valence-corrected chi connectivity index (χ1v) is 9.63. The molecule has 2 amide bonds. The number of amides is 2. The molecule has 1 fully saturated rings. The van der Waals surface area contributed by atoms with Gasteiger partial charge in [0.2, 0.25) is 5.91 Å².